The fraction of sp³-hybridized carbons (Fsp3) is 0.280. The van der Waals surface area contributed by atoms with Crippen molar-refractivity contribution in [2.45, 2.75) is 27.3 Å². The first-order chi connectivity index (χ1) is 15.5. The molecule has 0 saturated heterocycles. The predicted octanol–water partition coefficient (Wildman–Crippen LogP) is 4.32. The zero-order chi connectivity index (χ0) is 22.7. The number of carbonyl (C=O) groups is 2. The fourth-order valence-corrected chi connectivity index (χ4v) is 3.69. The highest BCUT2D eigenvalue weighted by atomic mass is 16.7. The van der Waals surface area contributed by atoms with Gasteiger partial charge in [-0.1, -0.05) is 6.07 Å². The SMILES string of the molecule is CCOc1ccc(C(=O)OCC(=O)c2cc(C)n(Cc3ccc4c(c3)OCO4)c2C)cc1. The van der Waals surface area contributed by atoms with Gasteiger partial charge in [0.2, 0.25) is 12.6 Å². The summed E-state index contributed by atoms with van der Waals surface area (Å²) in [5, 5.41) is 0. The number of aryl methyl sites for hydroxylation is 1. The number of benzene rings is 2. The Kier molecular flexibility index (Phi) is 6.16. The Hall–Kier alpha value is -3.74. The van der Waals surface area contributed by atoms with Crippen LogP contribution in [-0.4, -0.2) is 36.3 Å². The molecule has 0 radical (unpaired) electrons. The Labute approximate surface area is 186 Å². The third-order valence-corrected chi connectivity index (χ3v) is 5.39. The smallest absolute Gasteiger partial charge is 0.338 e. The molecular weight excluding hydrogens is 410 g/mol. The largest absolute Gasteiger partial charge is 0.494 e. The first kappa shape index (κ1) is 21.5. The number of ether oxygens (including phenoxy) is 4. The molecule has 32 heavy (non-hydrogen) atoms. The van der Waals surface area contributed by atoms with E-state index in [1.165, 1.54) is 0 Å². The van der Waals surface area contributed by atoms with Gasteiger partial charge in [-0.05, 0) is 68.8 Å². The van der Waals surface area contributed by atoms with Crippen LogP contribution >= 0.6 is 0 Å². The Bertz CT molecular complexity index is 1150. The lowest BCUT2D eigenvalue weighted by Gasteiger charge is -2.11. The van der Waals surface area contributed by atoms with Crippen LogP contribution in [0, 0.1) is 13.8 Å². The lowest BCUT2D eigenvalue weighted by Crippen LogP contribution is -2.15. The van der Waals surface area contributed by atoms with Gasteiger partial charge >= 0.3 is 5.97 Å². The maximum absolute atomic E-state index is 12.8. The summed E-state index contributed by atoms with van der Waals surface area (Å²) in [6.07, 6.45) is 0. The van der Waals surface area contributed by atoms with Crippen LogP contribution in [-0.2, 0) is 11.3 Å². The molecule has 0 amide bonds. The number of Topliss-reactive ketones (excluding diaryl/α,β-unsaturated/α-hetero) is 1. The zero-order valence-electron chi connectivity index (χ0n) is 18.3. The van der Waals surface area contributed by atoms with Gasteiger partial charge in [-0.15, -0.1) is 0 Å². The van der Waals surface area contributed by atoms with E-state index in [1.807, 2.05) is 45.0 Å². The van der Waals surface area contributed by atoms with Crippen molar-refractivity contribution in [3.05, 3.63) is 76.6 Å². The summed E-state index contributed by atoms with van der Waals surface area (Å²) >= 11 is 0. The molecule has 1 aromatic heterocycles. The number of hydrogen-bond donors (Lipinski definition) is 0. The van der Waals surface area contributed by atoms with Crippen molar-refractivity contribution in [1.29, 1.82) is 0 Å². The molecule has 2 heterocycles. The van der Waals surface area contributed by atoms with Crippen LogP contribution in [0.5, 0.6) is 17.2 Å². The highest BCUT2D eigenvalue weighted by Gasteiger charge is 2.19. The molecule has 0 N–H and O–H groups in total. The molecule has 0 aliphatic carbocycles. The molecule has 1 aliphatic rings. The summed E-state index contributed by atoms with van der Waals surface area (Å²) in [6, 6.07) is 14.3. The zero-order valence-corrected chi connectivity index (χ0v) is 18.3. The van der Waals surface area contributed by atoms with Crippen LogP contribution in [0.1, 0.15) is 44.6 Å². The van der Waals surface area contributed by atoms with Crippen molar-refractivity contribution in [2.75, 3.05) is 20.0 Å². The van der Waals surface area contributed by atoms with Crippen LogP contribution < -0.4 is 14.2 Å². The van der Waals surface area contributed by atoms with E-state index in [2.05, 4.69) is 4.57 Å². The summed E-state index contributed by atoms with van der Waals surface area (Å²) in [6.45, 7) is 6.78. The molecule has 4 rings (SSSR count). The van der Waals surface area contributed by atoms with Crippen LogP contribution in [0.4, 0.5) is 0 Å². The molecule has 0 fully saturated rings. The summed E-state index contributed by atoms with van der Waals surface area (Å²) in [4.78, 5) is 25.1. The Morgan fingerprint density at radius 1 is 1.00 bits per heavy atom. The minimum absolute atomic E-state index is 0.231. The van der Waals surface area contributed by atoms with E-state index in [4.69, 9.17) is 18.9 Å². The van der Waals surface area contributed by atoms with Crippen LogP contribution in [0.2, 0.25) is 0 Å². The van der Waals surface area contributed by atoms with Gasteiger partial charge in [-0.3, -0.25) is 4.79 Å². The summed E-state index contributed by atoms with van der Waals surface area (Å²) in [5.74, 6) is 1.35. The van der Waals surface area contributed by atoms with E-state index in [-0.39, 0.29) is 19.2 Å². The van der Waals surface area contributed by atoms with E-state index in [1.54, 1.807) is 24.3 Å². The molecule has 2 aromatic carbocycles. The van der Waals surface area contributed by atoms with Crippen molar-refractivity contribution in [3.8, 4) is 17.2 Å². The van der Waals surface area contributed by atoms with Crippen LogP contribution in [0.3, 0.4) is 0 Å². The molecule has 0 spiro atoms. The standard InChI is InChI=1S/C25H25NO6/c1-4-29-20-8-6-19(7-9-20)25(28)30-14-22(27)21-11-16(2)26(17(21)3)13-18-5-10-23-24(12-18)32-15-31-23/h5-12H,4,13-15H2,1-3H3. The lowest BCUT2D eigenvalue weighted by molar-refractivity contribution is 0.0474. The highest BCUT2D eigenvalue weighted by molar-refractivity contribution is 6.00. The number of carbonyl (C=O) groups excluding carboxylic acids is 2. The van der Waals surface area contributed by atoms with E-state index >= 15 is 0 Å². The first-order valence-corrected chi connectivity index (χ1v) is 10.4. The minimum Gasteiger partial charge on any atom is -0.494 e. The van der Waals surface area contributed by atoms with Gasteiger partial charge in [0.1, 0.15) is 5.75 Å². The summed E-state index contributed by atoms with van der Waals surface area (Å²) in [5.41, 5.74) is 3.72. The Morgan fingerprint density at radius 2 is 1.75 bits per heavy atom. The number of rotatable bonds is 8. The van der Waals surface area contributed by atoms with Crippen molar-refractivity contribution in [2.24, 2.45) is 0 Å². The molecule has 166 valence electrons. The van der Waals surface area contributed by atoms with E-state index < -0.39 is 5.97 Å². The van der Waals surface area contributed by atoms with Crippen LogP contribution in [0.15, 0.2) is 48.5 Å². The van der Waals surface area contributed by atoms with E-state index in [0.717, 1.165) is 28.5 Å². The number of hydrogen-bond acceptors (Lipinski definition) is 6. The van der Waals surface area contributed by atoms with E-state index in [0.29, 0.717) is 30.0 Å². The van der Waals surface area contributed by atoms with Crippen molar-refractivity contribution in [1.82, 2.24) is 4.57 Å². The fourth-order valence-electron chi connectivity index (χ4n) is 3.69. The second kappa shape index (κ2) is 9.18. The van der Waals surface area contributed by atoms with E-state index in [9.17, 15) is 9.59 Å². The molecular formula is C25H25NO6. The molecule has 0 bridgehead atoms. The number of ketones is 1. The molecule has 7 nitrogen and oxygen atoms in total. The van der Waals surface area contributed by atoms with Gasteiger partial charge in [0, 0.05) is 23.5 Å². The number of esters is 1. The first-order valence-electron chi connectivity index (χ1n) is 10.4. The molecule has 0 saturated carbocycles. The topological polar surface area (TPSA) is 76.0 Å². The molecule has 3 aromatic rings. The second-order valence-corrected chi connectivity index (χ2v) is 7.52. The van der Waals surface area contributed by atoms with Gasteiger partial charge in [0.15, 0.2) is 18.1 Å². The third kappa shape index (κ3) is 4.46. The maximum atomic E-state index is 12.8. The Morgan fingerprint density at radius 3 is 2.50 bits per heavy atom. The second-order valence-electron chi connectivity index (χ2n) is 7.52. The Balaban J connectivity index is 1.41. The average molecular weight is 435 g/mol. The minimum atomic E-state index is -0.546. The molecule has 7 heteroatoms. The summed E-state index contributed by atoms with van der Waals surface area (Å²) in [7, 11) is 0. The monoisotopic (exact) mass is 435 g/mol. The number of fused-ring (bicyclic) bond motifs is 1. The summed E-state index contributed by atoms with van der Waals surface area (Å²) < 4.78 is 23.5. The molecule has 1 aliphatic heterocycles. The van der Waals surface area contributed by atoms with Crippen molar-refractivity contribution in [3.63, 3.8) is 0 Å². The maximum Gasteiger partial charge on any atom is 0.338 e. The molecule has 0 unspecified atom stereocenters. The van der Waals surface area contributed by atoms with Gasteiger partial charge in [-0.25, -0.2) is 4.79 Å². The highest BCUT2D eigenvalue weighted by Crippen LogP contribution is 2.33. The number of nitrogens with zero attached hydrogens (tertiary/aromatic N) is 1. The van der Waals surface area contributed by atoms with Crippen LogP contribution in [0.25, 0.3) is 0 Å². The van der Waals surface area contributed by atoms with Gasteiger partial charge in [0.05, 0.1) is 12.2 Å². The van der Waals surface area contributed by atoms with Crippen molar-refractivity contribution >= 4 is 11.8 Å². The average Bonchev–Trinajstić information content (AvgIpc) is 3.37. The van der Waals surface area contributed by atoms with Gasteiger partial charge < -0.3 is 23.5 Å². The molecule has 0 atom stereocenters. The van der Waals surface area contributed by atoms with Gasteiger partial charge in [-0.2, -0.15) is 0 Å². The third-order valence-electron chi connectivity index (χ3n) is 5.39. The van der Waals surface area contributed by atoms with Crippen molar-refractivity contribution < 1.29 is 28.5 Å². The lowest BCUT2D eigenvalue weighted by atomic mass is 10.1. The number of aromatic nitrogens is 1. The quantitative estimate of drug-likeness (QED) is 0.387. The normalized spacial score (nSPS) is 12.0. The van der Waals surface area contributed by atoms with Gasteiger partial charge in [0.25, 0.3) is 0 Å². The predicted molar refractivity (Wildman–Crippen MR) is 118 cm³/mol.